The number of aliphatic carboxylic acids is 1. The molecule has 1 rings (SSSR count). The summed E-state index contributed by atoms with van der Waals surface area (Å²) in [6.07, 6.45) is 3.01. The molecule has 1 aromatic rings. The van der Waals surface area contributed by atoms with E-state index >= 15 is 0 Å². The van der Waals surface area contributed by atoms with Gasteiger partial charge >= 0.3 is 5.97 Å². The first-order valence-corrected chi connectivity index (χ1v) is 6.56. The van der Waals surface area contributed by atoms with E-state index in [1.54, 1.807) is 32.1 Å². The van der Waals surface area contributed by atoms with Crippen molar-refractivity contribution in [3.05, 3.63) is 27.4 Å². The molecule has 0 fully saturated rings. The third-order valence-electron chi connectivity index (χ3n) is 2.50. The van der Waals surface area contributed by atoms with Gasteiger partial charge in [0.05, 0.1) is 10.3 Å². The number of hydrogen-bond acceptors (Lipinski definition) is 3. The van der Waals surface area contributed by atoms with Crippen molar-refractivity contribution >= 4 is 40.9 Å². The first-order chi connectivity index (χ1) is 8.40. The highest BCUT2D eigenvalue weighted by Gasteiger charge is 2.19. The summed E-state index contributed by atoms with van der Waals surface area (Å²) < 4.78 is 0.655. The standard InChI is InChI=1S/C12H14ClNO3S/c1-7(12(16)17)8(2)14-11(15)6-4-9-3-5-10(13)18-9/h3-8H,1-2H3,(H,14,15)(H,16,17)/b6-4+. The van der Waals surface area contributed by atoms with Crippen molar-refractivity contribution < 1.29 is 14.7 Å². The van der Waals surface area contributed by atoms with E-state index in [0.29, 0.717) is 4.34 Å². The minimum atomic E-state index is -0.934. The lowest BCUT2D eigenvalue weighted by Crippen LogP contribution is -2.39. The van der Waals surface area contributed by atoms with Crippen LogP contribution in [0, 0.1) is 5.92 Å². The van der Waals surface area contributed by atoms with E-state index in [1.165, 1.54) is 17.4 Å². The number of carbonyl (C=O) groups is 2. The van der Waals surface area contributed by atoms with Crippen LogP contribution in [0.5, 0.6) is 0 Å². The van der Waals surface area contributed by atoms with Crippen molar-refractivity contribution in [2.24, 2.45) is 5.92 Å². The van der Waals surface area contributed by atoms with Gasteiger partial charge in [-0.25, -0.2) is 0 Å². The van der Waals surface area contributed by atoms with Crippen LogP contribution in [0.15, 0.2) is 18.2 Å². The molecule has 0 saturated heterocycles. The van der Waals surface area contributed by atoms with E-state index in [4.69, 9.17) is 16.7 Å². The van der Waals surface area contributed by atoms with E-state index in [9.17, 15) is 9.59 Å². The molecule has 98 valence electrons. The van der Waals surface area contributed by atoms with E-state index < -0.39 is 17.9 Å². The lowest BCUT2D eigenvalue weighted by Gasteiger charge is -2.16. The van der Waals surface area contributed by atoms with Crippen molar-refractivity contribution in [3.63, 3.8) is 0 Å². The first kappa shape index (κ1) is 14.7. The van der Waals surface area contributed by atoms with Crippen molar-refractivity contribution in [2.45, 2.75) is 19.9 Å². The molecule has 1 aromatic heterocycles. The predicted molar refractivity (Wildman–Crippen MR) is 72.8 cm³/mol. The molecule has 2 N–H and O–H groups in total. The normalized spacial score (nSPS) is 14.4. The topological polar surface area (TPSA) is 66.4 Å². The molecule has 0 bridgehead atoms. The van der Waals surface area contributed by atoms with Gasteiger partial charge in [-0.05, 0) is 32.1 Å². The molecule has 0 aliphatic rings. The summed E-state index contributed by atoms with van der Waals surface area (Å²) in [5.74, 6) is -1.88. The summed E-state index contributed by atoms with van der Waals surface area (Å²) in [4.78, 5) is 23.1. The lowest BCUT2D eigenvalue weighted by molar-refractivity contribution is -0.142. The maximum atomic E-state index is 11.5. The monoisotopic (exact) mass is 287 g/mol. The van der Waals surface area contributed by atoms with Gasteiger partial charge in [0.2, 0.25) is 5.91 Å². The van der Waals surface area contributed by atoms with Crippen LogP contribution in [0.1, 0.15) is 18.7 Å². The van der Waals surface area contributed by atoms with Crippen LogP contribution in [0.4, 0.5) is 0 Å². The molecule has 0 aliphatic heterocycles. The summed E-state index contributed by atoms with van der Waals surface area (Å²) in [6, 6.07) is 3.13. The summed E-state index contributed by atoms with van der Waals surface area (Å²) in [5, 5.41) is 11.4. The van der Waals surface area contributed by atoms with Gasteiger partial charge in [0, 0.05) is 17.0 Å². The zero-order chi connectivity index (χ0) is 13.7. The predicted octanol–water partition coefficient (Wildman–Crippen LogP) is 2.64. The Labute approximate surface area is 114 Å². The summed E-state index contributed by atoms with van der Waals surface area (Å²) in [7, 11) is 0. The number of hydrogen-bond donors (Lipinski definition) is 2. The molecule has 1 amide bonds. The number of carboxylic acid groups (broad SMARTS) is 1. The number of carboxylic acids is 1. The van der Waals surface area contributed by atoms with Crippen LogP contribution >= 0.6 is 22.9 Å². The Morgan fingerprint density at radius 1 is 1.44 bits per heavy atom. The van der Waals surface area contributed by atoms with Crippen LogP contribution in [0.3, 0.4) is 0 Å². The maximum absolute atomic E-state index is 11.5. The molecule has 0 spiro atoms. The molecule has 1 heterocycles. The zero-order valence-electron chi connectivity index (χ0n) is 10.0. The average molecular weight is 288 g/mol. The summed E-state index contributed by atoms with van der Waals surface area (Å²) in [5.41, 5.74) is 0. The van der Waals surface area contributed by atoms with Crippen molar-refractivity contribution in [2.75, 3.05) is 0 Å². The number of amides is 1. The SMILES string of the molecule is CC(NC(=O)/C=C/c1ccc(Cl)s1)C(C)C(=O)O. The average Bonchev–Trinajstić information content (AvgIpc) is 2.71. The van der Waals surface area contributed by atoms with Gasteiger partial charge in [-0.15, -0.1) is 11.3 Å². The van der Waals surface area contributed by atoms with Gasteiger partial charge in [0.15, 0.2) is 0 Å². The second-order valence-electron chi connectivity index (χ2n) is 3.90. The Balaban J connectivity index is 2.51. The molecule has 4 nitrogen and oxygen atoms in total. The number of carbonyl (C=O) groups excluding carboxylic acids is 1. The van der Waals surface area contributed by atoms with Crippen molar-refractivity contribution in [1.82, 2.24) is 5.32 Å². The number of thiophene rings is 1. The molecular weight excluding hydrogens is 274 g/mol. The van der Waals surface area contributed by atoms with Gasteiger partial charge in [-0.1, -0.05) is 11.6 Å². The molecule has 2 atom stereocenters. The van der Waals surface area contributed by atoms with Gasteiger partial charge in [0.1, 0.15) is 0 Å². The molecule has 0 aliphatic carbocycles. The number of nitrogens with one attached hydrogen (secondary N) is 1. The fraction of sp³-hybridized carbons (Fsp3) is 0.333. The number of rotatable bonds is 5. The van der Waals surface area contributed by atoms with Crippen LogP contribution in [0.25, 0.3) is 6.08 Å². The van der Waals surface area contributed by atoms with Gasteiger partial charge in [0.25, 0.3) is 0 Å². The Hall–Kier alpha value is -1.33. The quantitative estimate of drug-likeness (QED) is 0.818. The van der Waals surface area contributed by atoms with Gasteiger partial charge < -0.3 is 10.4 Å². The minimum absolute atomic E-state index is 0.319. The molecule has 2 unspecified atom stereocenters. The Morgan fingerprint density at radius 2 is 2.11 bits per heavy atom. The van der Waals surface area contributed by atoms with E-state index in [2.05, 4.69) is 5.32 Å². The third-order valence-corrected chi connectivity index (χ3v) is 3.70. The Bertz CT molecular complexity index is 470. The van der Waals surface area contributed by atoms with Crippen molar-refractivity contribution in [1.29, 1.82) is 0 Å². The molecule has 0 saturated carbocycles. The molecule has 0 radical (unpaired) electrons. The van der Waals surface area contributed by atoms with Gasteiger partial charge in [-0.2, -0.15) is 0 Å². The highest BCUT2D eigenvalue weighted by Crippen LogP contribution is 2.22. The minimum Gasteiger partial charge on any atom is -0.481 e. The van der Waals surface area contributed by atoms with E-state index in [-0.39, 0.29) is 5.91 Å². The van der Waals surface area contributed by atoms with Crippen LogP contribution in [-0.4, -0.2) is 23.0 Å². The van der Waals surface area contributed by atoms with Gasteiger partial charge in [-0.3, -0.25) is 9.59 Å². The third kappa shape index (κ3) is 4.50. The maximum Gasteiger partial charge on any atom is 0.308 e. The van der Waals surface area contributed by atoms with Crippen molar-refractivity contribution in [3.8, 4) is 0 Å². The fourth-order valence-electron chi connectivity index (χ4n) is 1.19. The smallest absolute Gasteiger partial charge is 0.308 e. The molecule has 6 heteroatoms. The zero-order valence-corrected chi connectivity index (χ0v) is 11.6. The highest BCUT2D eigenvalue weighted by molar-refractivity contribution is 7.17. The second-order valence-corrected chi connectivity index (χ2v) is 5.65. The summed E-state index contributed by atoms with van der Waals surface area (Å²) in [6.45, 7) is 3.21. The van der Waals surface area contributed by atoms with E-state index in [1.807, 2.05) is 0 Å². The van der Waals surface area contributed by atoms with Crippen LogP contribution in [0.2, 0.25) is 4.34 Å². The Kier molecular flexibility index (Phi) is 5.37. The highest BCUT2D eigenvalue weighted by atomic mass is 35.5. The van der Waals surface area contributed by atoms with Crippen LogP contribution in [-0.2, 0) is 9.59 Å². The second kappa shape index (κ2) is 6.56. The fourth-order valence-corrected chi connectivity index (χ4v) is 2.15. The molecular formula is C12H14ClNO3S. The Morgan fingerprint density at radius 3 is 2.61 bits per heavy atom. The lowest BCUT2D eigenvalue weighted by atomic mass is 10.0. The molecule has 0 aromatic carbocycles. The van der Waals surface area contributed by atoms with Crippen LogP contribution < -0.4 is 5.32 Å². The largest absolute Gasteiger partial charge is 0.481 e. The van der Waals surface area contributed by atoms with E-state index in [0.717, 1.165) is 4.88 Å². The first-order valence-electron chi connectivity index (χ1n) is 5.37. The number of halogens is 1. The summed E-state index contributed by atoms with van der Waals surface area (Å²) >= 11 is 7.12. The molecule has 18 heavy (non-hydrogen) atoms.